The molecule has 0 atom stereocenters. The van der Waals surface area contributed by atoms with E-state index in [2.05, 4.69) is 22.3 Å². The van der Waals surface area contributed by atoms with Crippen molar-refractivity contribution < 1.29 is 40.7 Å². The second kappa shape index (κ2) is 14.7. The number of aliphatic carboxylic acids is 1. The highest BCUT2D eigenvalue weighted by molar-refractivity contribution is 7.89. The minimum absolute atomic E-state index is 0.00575. The Labute approximate surface area is 236 Å². The largest absolute Gasteiger partial charge is 0.490 e. The van der Waals surface area contributed by atoms with Crippen LogP contribution in [0.2, 0.25) is 0 Å². The van der Waals surface area contributed by atoms with E-state index in [9.17, 15) is 30.8 Å². The van der Waals surface area contributed by atoms with Crippen molar-refractivity contribution in [2.45, 2.75) is 31.6 Å². The molecule has 2 heterocycles. The van der Waals surface area contributed by atoms with Gasteiger partial charge in [0.05, 0.1) is 11.3 Å². The fraction of sp³-hybridized carbons (Fsp3) is 0.481. The number of rotatable bonds is 8. The Morgan fingerprint density at radius 2 is 1.51 bits per heavy atom. The molecule has 0 bridgehead atoms. The predicted octanol–water partition coefficient (Wildman–Crippen LogP) is 2.80. The fourth-order valence-corrected chi connectivity index (χ4v) is 6.16. The number of piperazine rings is 1. The zero-order chi connectivity index (χ0) is 30.0. The van der Waals surface area contributed by atoms with Gasteiger partial charge in [-0.25, -0.2) is 17.6 Å². The molecule has 41 heavy (non-hydrogen) atoms. The molecule has 0 aromatic heterocycles. The molecule has 2 N–H and O–H groups in total. The van der Waals surface area contributed by atoms with Crippen LogP contribution in [0.5, 0.6) is 0 Å². The number of hydrogen-bond donors (Lipinski definition) is 2. The summed E-state index contributed by atoms with van der Waals surface area (Å²) in [6.45, 7) is 4.60. The molecule has 0 unspecified atom stereocenters. The van der Waals surface area contributed by atoms with E-state index in [1.807, 2.05) is 18.2 Å². The van der Waals surface area contributed by atoms with Crippen LogP contribution >= 0.6 is 0 Å². The normalized spacial score (nSPS) is 17.4. The lowest BCUT2D eigenvalue weighted by atomic mass is 10.0. The van der Waals surface area contributed by atoms with Crippen molar-refractivity contribution in [3.05, 3.63) is 71.5 Å². The van der Waals surface area contributed by atoms with Gasteiger partial charge in [-0.2, -0.15) is 17.5 Å². The number of benzene rings is 2. The summed E-state index contributed by atoms with van der Waals surface area (Å²) >= 11 is 0. The van der Waals surface area contributed by atoms with E-state index in [1.54, 1.807) is 17.0 Å². The summed E-state index contributed by atoms with van der Waals surface area (Å²) in [5, 5.41) is 10.3. The zero-order valence-corrected chi connectivity index (χ0v) is 23.2. The molecule has 2 aliphatic rings. The number of carbonyl (C=O) groups is 2. The van der Waals surface area contributed by atoms with Crippen LogP contribution in [0, 0.1) is 5.82 Å². The third-order valence-electron chi connectivity index (χ3n) is 6.91. The Kier molecular flexibility index (Phi) is 11.6. The molecule has 2 aromatic carbocycles. The van der Waals surface area contributed by atoms with Crippen molar-refractivity contribution in [2.24, 2.45) is 0 Å². The van der Waals surface area contributed by atoms with Crippen LogP contribution in [-0.4, -0.2) is 103 Å². The number of nitrogens with one attached hydrogen (secondary N) is 1. The smallest absolute Gasteiger partial charge is 0.475 e. The predicted molar refractivity (Wildman–Crippen MR) is 144 cm³/mol. The molecule has 2 fully saturated rings. The SMILES string of the molecule is O=C(O)C(F)(F)F.O=C(c1ccccc1F)N(CCS(=O)(=O)N1CCNCC1)C1CCN(Cc2ccccc2)CC1. The lowest BCUT2D eigenvalue weighted by Gasteiger charge is -2.39. The van der Waals surface area contributed by atoms with Gasteiger partial charge in [0.15, 0.2) is 0 Å². The lowest BCUT2D eigenvalue weighted by molar-refractivity contribution is -0.192. The van der Waals surface area contributed by atoms with Gasteiger partial charge in [-0.05, 0) is 30.5 Å². The number of carbonyl (C=O) groups excluding carboxylic acids is 1. The Hall–Kier alpha value is -3.07. The second-order valence-electron chi connectivity index (χ2n) is 9.74. The maximum atomic E-state index is 14.4. The van der Waals surface area contributed by atoms with Gasteiger partial charge in [0.1, 0.15) is 5.82 Å². The third kappa shape index (κ3) is 9.76. The van der Waals surface area contributed by atoms with Crippen LogP contribution < -0.4 is 5.32 Å². The first-order chi connectivity index (χ1) is 19.4. The molecule has 4 rings (SSSR count). The average molecular weight is 603 g/mol. The quantitative estimate of drug-likeness (QED) is 0.448. The molecule has 2 aromatic rings. The third-order valence-corrected chi connectivity index (χ3v) is 8.76. The van der Waals surface area contributed by atoms with Crippen molar-refractivity contribution in [3.63, 3.8) is 0 Å². The maximum Gasteiger partial charge on any atom is 0.490 e. The van der Waals surface area contributed by atoms with Gasteiger partial charge in [-0.3, -0.25) is 9.69 Å². The monoisotopic (exact) mass is 602 g/mol. The minimum atomic E-state index is -5.08. The van der Waals surface area contributed by atoms with Crippen molar-refractivity contribution >= 4 is 21.9 Å². The summed E-state index contributed by atoms with van der Waals surface area (Å²) in [4.78, 5) is 26.2. The van der Waals surface area contributed by atoms with Gasteiger partial charge in [0.25, 0.3) is 5.91 Å². The lowest BCUT2D eigenvalue weighted by Crippen LogP contribution is -2.51. The molecule has 226 valence electrons. The van der Waals surface area contributed by atoms with E-state index in [0.717, 1.165) is 32.5 Å². The van der Waals surface area contributed by atoms with E-state index in [1.165, 1.54) is 22.0 Å². The average Bonchev–Trinajstić information content (AvgIpc) is 2.95. The molecule has 2 saturated heterocycles. The zero-order valence-electron chi connectivity index (χ0n) is 22.4. The Morgan fingerprint density at radius 3 is 2.07 bits per heavy atom. The standard InChI is InChI=1S/C25H33FN4O3S.C2HF3O2/c26-24-9-5-4-8-23(24)25(31)30(18-19-34(32,33)29-16-12-27-13-17-29)22-10-14-28(15-11-22)20-21-6-2-1-3-7-21;3-2(4,5)1(6)7/h1-9,22,27H,10-20H2;(H,6,7). The first-order valence-corrected chi connectivity index (χ1v) is 14.8. The molecule has 0 spiro atoms. The van der Waals surface area contributed by atoms with Gasteiger partial charge in [0.2, 0.25) is 10.0 Å². The first-order valence-electron chi connectivity index (χ1n) is 13.2. The molecule has 2 aliphatic heterocycles. The van der Waals surface area contributed by atoms with Crippen LogP contribution in [0.3, 0.4) is 0 Å². The summed E-state index contributed by atoms with van der Waals surface area (Å²) in [6, 6.07) is 16.0. The van der Waals surface area contributed by atoms with Crippen molar-refractivity contribution in [3.8, 4) is 0 Å². The number of sulfonamides is 1. The van der Waals surface area contributed by atoms with Gasteiger partial charge in [-0.1, -0.05) is 42.5 Å². The van der Waals surface area contributed by atoms with Gasteiger partial charge >= 0.3 is 12.1 Å². The molecular formula is C27H34F4N4O5S. The summed E-state index contributed by atoms with van der Waals surface area (Å²) < 4.78 is 73.5. The van der Waals surface area contributed by atoms with Gasteiger partial charge in [0, 0.05) is 58.4 Å². The van der Waals surface area contributed by atoms with E-state index in [-0.39, 0.29) is 23.9 Å². The molecule has 0 radical (unpaired) electrons. The van der Waals surface area contributed by atoms with E-state index < -0.39 is 33.9 Å². The Bertz CT molecular complexity index is 1250. The van der Waals surface area contributed by atoms with Crippen molar-refractivity contribution in [2.75, 3.05) is 51.6 Å². The maximum absolute atomic E-state index is 14.4. The number of carboxylic acid groups (broad SMARTS) is 1. The van der Waals surface area contributed by atoms with Gasteiger partial charge < -0.3 is 15.3 Å². The highest BCUT2D eigenvalue weighted by Gasteiger charge is 2.38. The molecule has 0 aliphatic carbocycles. The highest BCUT2D eigenvalue weighted by atomic mass is 32.2. The van der Waals surface area contributed by atoms with E-state index in [0.29, 0.717) is 26.2 Å². The van der Waals surface area contributed by atoms with Crippen molar-refractivity contribution in [1.29, 1.82) is 0 Å². The second-order valence-corrected chi connectivity index (χ2v) is 11.8. The van der Waals surface area contributed by atoms with Crippen LogP contribution in [0.4, 0.5) is 17.6 Å². The number of nitrogens with zero attached hydrogens (tertiary/aromatic N) is 3. The number of amides is 1. The molecule has 14 heteroatoms. The van der Waals surface area contributed by atoms with E-state index in [4.69, 9.17) is 9.90 Å². The summed E-state index contributed by atoms with van der Waals surface area (Å²) in [5.41, 5.74) is 1.23. The van der Waals surface area contributed by atoms with Gasteiger partial charge in [-0.15, -0.1) is 0 Å². The number of piperidine rings is 1. The topological polar surface area (TPSA) is 110 Å². The number of hydrogen-bond acceptors (Lipinski definition) is 6. The fourth-order valence-electron chi connectivity index (χ4n) is 4.74. The molecule has 0 saturated carbocycles. The summed E-state index contributed by atoms with van der Waals surface area (Å²) in [7, 11) is -3.50. The number of halogens is 4. The van der Waals surface area contributed by atoms with Crippen LogP contribution in [0.1, 0.15) is 28.8 Å². The van der Waals surface area contributed by atoms with Crippen LogP contribution in [-0.2, 0) is 21.4 Å². The summed E-state index contributed by atoms with van der Waals surface area (Å²) in [5.74, 6) is -3.93. The summed E-state index contributed by atoms with van der Waals surface area (Å²) in [6.07, 6.45) is -3.64. The van der Waals surface area contributed by atoms with Crippen LogP contribution in [0.25, 0.3) is 0 Å². The Balaban J connectivity index is 0.000000587. The Morgan fingerprint density at radius 1 is 0.951 bits per heavy atom. The number of carboxylic acids is 1. The molecule has 9 nitrogen and oxygen atoms in total. The van der Waals surface area contributed by atoms with E-state index >= 15 is 0 Å². The minimum Gasteiger partial charge on any atom is -0.475 e. The first kappa shape index (κ1) is 32.4. The van der Waals surface area contributed by atoms with Crippen molar-refractivity contribution in [1.82, 2.24) is 19.4 Å². The molecule has 1 amide bonds. The molecular weight excluding hydrogens is 568 g/mol. The number of alkyl halides is 3. The van der Waals surface area contributed by atoms with Crippen LogP contribution in [0.15, 0.2) is 54.6 Å². The highest BCUT2D eigenvalue weighted by Crippen LogP contribution is 2.22. The number of likely N-dealkylation sites (tertiary alicyclic amines) is 1.